The van der Waals surface area contributed by atoms with Crippen LogP contribution in [0.5, 0.6) is 11.5 Å². The molecule has 0 heterocycles. The largest absolute Gasteiger partial charge is 0.508 e. The average Bonchev–Trinajstić information content (AvgIpc) is 3.87. The van der Waals surface area contributed by atoms with Crippen LogP contribution in [0.25, 0.3) is 17.2 Å². The molecular formula is C35H43FO7. The first-order chi connectivity index (χ1) is 20.7. The Balaban J connectivity index is 0.000000286. The number of halogens is 1. The summed E-state index contributed by atoms with van der Waals surface area (Å²) in [5.41, 5.74) is 3.86. The van der Waals surface area contributed by atoms with Crippen LogP contribution in [0.4, 0.5) is 4.39 Å². The number of phenols is 1. The summed E-state index contributed by atoms with van der Waals surface area (Å²) in [7, 11) is 4.55. The van der Waals surface area contributed by atoms with Gasteiger partial charge in [-0.2, -0.15) is 0 Å². The van der Waals surface area contributed by atoms with E-state index in [2.05, 4.69) is 0 Å². The second kappa shape index (κ2) is 17.6. The van der Waals surface area contributed by atoms with E-state index in [4.69, 9.17) is 18.9 Å². The summed E-state index contributed by atoms with van der Waals surface area (Å²) in [5.74, 6) is 0.108. The smallest absolute Gasteiger partial charge is 0.309 e. The summed E-state index contributed by atoms with van der Waals surface area (Å²) in [4.78, 5) is 22.8. The molecule has 0 spiro atoms. The monoisotopic (exact) mass is 594 g/mol. The molecule has 1 N–H and O–H groups in total. The van der Waals surface area contributed by atoms with Gasteiger partial charge in [-0.25, -0.2) is 4.39 Å². The summed E-state index contributed by atoms with van der Waals surface area (Å²) < 4.78 is 33.6. The Kier molecular flexibility index (Phi) is 14.3. The van der Waals surface area contributed by atoms with Crippen LogP contribution in [0.3, 0.4) is 0 Å². The van der Waals surface area contributed by atoms with Gasteiger partial charge in [0.2, 0.25) is 0 Å². The summed E-state index contributed by atoms with van der Waals surface area (Å²) >= 11 is 0. The molecule has 43 heavy (non-hydrogen) atoms. The number of hydrogen-bond donors (Lipinski definition) is 1. The van der Waals surface area contributed by atoms with Crippen LogP contribution in [-0.4, -0.2) is 38.4 Å². The second-order valence-corrected chi connectivity index (χ2v) is 9.85. The third-order valence-electron chi connectivity index (χ3n) is 6.95. The molecule has 0 saturated heterocycles. The fourth-order valence-electron chi connectivity index (χ4n) is 4.64. The molecule has 1 aliphatic rings. The molecule has 0 radical (unpaired) electrons. The van der Waals surface area contributed by atoms with Gasteiger partial charge in [-0.3, -0.25) is 9.59 Å². The number of carbonyl (C=O) groups excluding carboxylic acids is 2. The van der Waals surface area contributed by atoms with Crippen LogP contribution in [0, 0.1) is 17.7 Å². The van der Waals surface area contributed by atoms with Crippen LogP contribution in [0.1, 0.15) is 63.1 Å². The number of rotatable bonds is 10. The Labute approximate surface area is 254 Å². The maximum atomic E-state index is 13.8. The van der Waals surface area contributed by atoms with Crippen molar-refractivity contribution >= 4 is 18.0 Å². The lowest BCUT2D eigenvalue weighted by atomic mass is 9.82. The van der Waals surface area contributed by atoms with Crippen LogP contribution in [0.2, 0.25) is 0 Å². The molecule has 7 nitrogen and oxygen atoms in total. The fourth-order valence-corrected chi connectivity index (χ4v) is 4.64. The van der Waals surface area contributed by atoms with Gasteiger partial charge in [-0.1, -0.05) is 51.1 Å². The molecule has 4 rings (SSSR count). The van der Waals surface area contributed by atoms with E-state index >= 15 is 0 Å². The zero-order chi connectivity index (χ0) is 31.9. The van der Waals surface area contributed by atoms with E-state index in [0.29, 0.717) is 22.8 Å². The summed E-state index contributed by atoms with van der Waals surface area (Å²) in [6, 6.07) is 17.5. The quantitative estimate of drug-likeness (QED) is 0.188. The molecule has 3 aromatic rings. The average molecular weight is 595 g/mol. The van der Waals surface area contributed by atoms with Gasteiger partial charge in [0.25, 0.3) is 0 Å². The molecule has 2 atom stereocenters. The van der Waals surface area contributed by atoms with Gasteiger partial charge in [0.15, 0.2) is 0 Å². The molecular weight excluding hydrogens is 551 g/mol. The Bertz CT molecular complexity index is 1350. The lowest BCUT2D eigenvalue weighted by Gasteiger charge is -2.23. The number of phenolic OH excluding ortho intramolecular Hbond substituents is 1. The summed E-state index contributed by atoms with van der Waals surface area (Å²) in [6.45, 7) is 7.22. The number of carbonyl (C=O) groups is 2. The molecule has 1 saturated carbocycles. The van der Waals surface area contributed by atoms with E-state index in [1.54, 1.807) is 38.7 Å². The van der Waals surface area contributed by atoms with Crippen LogP contribution >= 0.6 is 0 Å². The SMILES string of the molecule is CC.CO/C=C/c1ccc(-c2cc(OC)ccc2F)cc1.COC(=O)C(C)C(c1ccc(O)c(COC(C)=O)c1)C1CC1. The first-order valence-corrected chi connectivity index (χ1v) is 14.3. The number of aromatic hydroxyl groups is 1. The van der Waals surface area contributed by atoms with Gasteiger partial charge in [0.05, 0.1) is 33.5 Å². The molecule has 8 heteroatoms. The van der Waals surface area contributed by atoms with Crippen molar-refractivity contribution in [3.8, 4) is 22.6 Å². The second-order valence-electron chi connectivity index (χ2n) is 9.85. The third kappa shape index (κ3) is 10.5. The minimum atomic E-state index is -0.397. The van der Waals surface area contributed by atoms with E-state index in [9.17, 15) is 19.1 Å². The fraction of sp³-hybridized carbons (Fsp3) is 0.371. The van der Waals surface area contributed by atoms with Crippen molar-refractivity contribution in [1.29, 1.82) is 0 Å². The van der Waals surface area contributed by atoms with Crippen LogP contribution < -0.4 is 4.74 Å². The van der Waals surface area contributed by atoms with Gasteiger partial charge >= 0.3 is 11.9 Å². The minimum Gasteiger partial charge on any atom is -0.508 e. The maximum absolute atomic E-state index is 13.8. The highest BCUT2D eigenvalue weighted by molar-refractivity contribution is 5.73. The molecule has 1 fully saturated rings. The molecule has 232 valence electrons. The zero-order valence-corrected chi connectivity index (χ0v) is 26.1. The lowest BCUT2D eigenvalue weighted by Crippen LogP contribution is -2.22. The zero-order valence-electron chi connectivity index (χ0n) is 26.1. The molecule has 3 aromatic carbocycles. The van der Waals surface area contributed by atoms with Gasteiger partial charge in [0, 0.05) is 18.1 Å². The van der Waals surface area contributed by atoms with Crippen molar-refractivity contribution in [3.63, 3.8) is 0 Å². The highest BCUT2D eigenvalue weighted by atomic mass is 19.1. The molecule has 2 unspecified atom stereocenters. The van der Waals surface area contributed by atoms with Gasteiger partial charge in [-0.05, 0) is 77.8 Å². The van der Waals surface area contributed by atoms with E-state index < -0.39 is 5.97 Å². The predicted octanol–water partition coefficient (Wildman–Crippen LogP) is 7.90. The molecule has 0 amide bonds. The van der Waals surface area contributed by atoms with Crippen molar-refractivity contribution in [2.75, 3.05) is 21.3 Å². The first kappa shape index (κ1) is 34.9. The van der Waals surface area contributed by atoms with Crippen LogP contribution in [-0.2, 0) is 30.4 Å². The van der Waals surface area contributed by atoms with Crippen LogP contribution in [0.15, 0.2) is 66.9 Å². The topological polar surface area (TPSA) is 91.3 Å². The van der Waals surface area contributed by atoms with Gasteiger partial charge in [-0.15, -0.1) is 0 Å². The summed E-state index contributed by atoms with van der Waals surface area (Å²) in [6.07, 6.45) is 5.62. The molecule has 1 aliphatic carbocycles. The van der Waals surface area contributed by atoms with Gasteiger partial charge < -0.3 is 24.1 Å². The minimum absolute atomic E-state index is 0.0268. The Morgan fingerprint density at radius 1 is 1.00 bits per heavy atom. The summed E-state index contributed by atoms with van der Waals surface area (Å²) in [5, 5.41) is 9.89. The third-order valence-corrected chi connectivity index (χ3v) is 6.95. The molecule has 0 bridgehead atoms. The first-order valence-electron chi connectivity index (χ1n) is 14.3. The number of methoxy groups -OCH3 is 3. The lowest BCUT2D eigenvalue weighted by molar-refractivity contribution is -0.146. The molecule has 0 aliphatic heterocycles. The van der Waals surface area contributed by atoms with E-state index in [-0.39, 0.29) is 36.0 Å². The highest BCUT2D eigenvalue weighted by Crippen LogP contribution is 2.47. The van der Waals surface area contributed by atoms with Crippen molar-refractivity contribution in [2.24, 2.45) is 11.8 Å². The van der Waals surface area contributed by atoms with Crippen molar-refractivity contribution in [2.45, 2.75) is 53.1 Å². The maximum Gasteiger partial charge on any atom is 0.309 e. The van der Waals surface area contributed by atoms with Crippen molar-refractivity contribution in [1.82, 2.24) is 0 Å². The van der Waals surface area contributed by atoms with Crippen molar-refractivity contribution < 1.29 is 38.0 Å². The standard InChI is InChI=1S/C17H22O5.C16H15FO2.C2H6/c1-10(17(20)21-3)16(12-4-5-12)13-6-7-15(19)14(8-13)9-22-11(2)18;1-18-10-9-12-3-5-13(6-4-12)15-11-14(19-2)7-8-16(15)17;1-2/h6-8,10,12,16,19H,4-5,9H2,1-3H3;3-11H,1-2H3;1-2H3/b;10-9+;. The van der Waals surface area contributed by atoms with E-state index in [0.717, 1.165) is 29.5 Å². The molecule has 0 aromatic heterocycles. The van der Waals surface area contributed by atoms with E-state index in [1.807, 2.05) is 63.2 Å². The normalized spacial score (nSPS) is 13.4. The highest BCUT2D eigenvalue weighted by Gasteiger charge is 2.39. The van der Waals surface area contributed by atoms with Gasteiger partial charge in [0.1, 0.15) is 23.9 Å². The van der Waals surface area contributed by atoms with Crippen molar-refractivity contribution in [3.05, 3.63) is 89.4 Å². The number of benzene rings is 3. The Hall–Kier alpha value is -4.33. The Morgan fingerprint density at radius 2 is 1.67 bits per heavy atom. The van der Waals surface area contributed by atoms with E-state index in [1.165, 1.54) is 20.1 Å². The number of esters is 2. The Morgan fingerprint density at radius 3 is 2.23 bits per heavy atom. The predicted molar refractivity (Wildman–Crippen MR) is 166 cm³/mol. The number of ether oxygens (including phenoxy) is 4. The number of hydrogen-bond acceptors (Lipinski definition) is 7.